The quantitative estimate of drug-likeness (QED) is 0.285. The molecule has 9 unspecified atom stereocenters. The largest absolute Gasteiger partial charge is 0.420 e. The van der Waals surface area contributed by atoms with E-state index in [1.54, 1.807) is 6.92 Å². The summed E-state index contributed by atoms with van der Waals surface area (Å²) in [6.45, 7) is 2.92. The lowest BCUT2D eigenvalue weighted by Gasteiger charge is -2.49. The summed E-state index contributed by atoms with van der Waals surface area (Å²) in [6, 6.07) is -1.81. The van der Waals surface area contributed by atoms with Gasteiger partial charge in [-0.25, -0.2) is 4.39 Å². The van der Waals surface area contributed by atoms with E-state index in [1.165, 1.54) is 0 Å². The smallest absolute Gasteiger partial charge is 0.391 e. The van der Waals surface area contributed by atoms with Crippen LogP contribution < -0.4 is 10.6 Å². The number of hydrogen-bond acceptors (Lipinski definition) is 7. The Kier molecular flexibility index (Phi) is 9.86. The van der Waals surface area contributed by atoms with Crippen LogP contribution in [0.1, 0.15) is 65.2 Å². The highest BCUT2D eigenvalue weighted by atomic mass is 19.4. The average molecular weight is 569 g/mol. The Hall–Kier alpha value is -1.05. The first-order chi connectivity index (χ1) is 18.3. The second kappa shape index (κ2) is 12.4. The predicted molar refractivity (Wildman–Crippen MR) is 133 cm³/mol. The van der Waals surface area contributed by atoms with Gasteiger partial charge < -0.3 is 35.4 Å². The lowest BCUT2D eigenvalue weighted by Crippen LogP contribution is -2.71. The number of halogens is 4. The minimum absolute atomic E-state index is 0.0133. The fourth-order valence-corrected chi connectivity index (χ4v) is 7.01. The van der Waals surface area contributed by atoms with Crippen LogP contribution in [0.5, 0.6) is 0 Å². The van der Waals surface area contributed by atoms with Crippen LogP contribution >= 0.6 is 0 Å². The minimum Gasteiger partial charge on any atom is -0.391 e. The Labute approximate surface area is 227 Å². The fourth-order valence-electron chi connectivity index (χ4n) is 7.01. The Balaban J connectivity index is 1.43. The number of carbonyl (C=O) groups excluding carboxylic acids is 1. The van der Waals surface area contributed by atoms with Gasteiger partial charge >= 0.3 is 6.18 Å². The van der Waals surface area contributed by atoms with Gasteiger partial charge in [-0.2, -0.15) is 13.2 Å². The zero-order chi connectivity index (χ0) is 28.5. The van der Waals surface area contributed by atoms with Crippen LogP contribution in [0, 0.1) is 23.7 Å². The van der Waals surface area contributed by atoms with E-state index in [1.807, 2.05) is 6.92 Å². The van der Waals surface area contributed by atoms with Crippen molar-refractivity contribution in [1.29, 1.82) is 0 Å². The van der Waals surface area contributed by atoms with E-state index in [0.717, 1.165) is 0 Å². The van der Waals surface area contributed by atoms with Crippen LogP contribution in [0.3, 0.4) is 0 Å². The first kappa shape index (κ1) is 30.9. The van der Waals surface area contributed by atoms with Gasteiger partial charge in [0.05, 0.1) is 37.6 Å². The summed E-state index contributed by atoms with van der Waals surface area (Å²) in [7, 11) is 0. The van der Waals surface area contributed by atoms with E-state index in [9.17, 15) is 37.7 Å². The normalized spacial score (nSPS) is 41.9. The molecule has 2 saturated heterocycles. The number of ether oxygens (including phenoxy) is 2. The molecular formula is C27H44F4N2O6. The third-order valence-electron chi connectivity index (χ3n) is 9.45. The standard InChI is InChI=1S/C27H44F4N2O6/c1-14-11-39-24-19(14)10-22(33-23(24)16-3-6-18(28)7-4-16)26(37,27(29,30)31)13-32-25(36)17-5-8-21(20(35)9-17)38-12-15(2)34/h14-24,33-35,37H,3-13H2,1-2H3,(H,32,36)/t14?,15-,16?,17?,18?,19?,20?,21?,22?,23?,24?,26?/m1/s1. The molecule has 0 bridgehead atoms. The van der Waals surface area contributed by atoms with Crippen LogP contribution in [0.15, 0.2) is 0 Å². The number of piperidine rings is 1. The first-order valence-electron chi connectivity index (χ1n) is 14.4. The Bertz CT molecular complexity index is 827. The van der Waals surface area contributed by atoms with Crippen molar-refractivity contribution in [2.75, 3.05) is 19.8 Å². The average Bonchev–Trinajstić information content (AvgIpc) is 3.26. The molecular weight excluding hydrogens is 524 g/mol. The van der Waals surface area contributed by atoms with E-state index in [2.05, 4.69) is 10.6 Å². The third-order valence-corrected chi connectivity index (χ3v) is 9.45. The molecule has 4 aliphatic rings. The Morgan fingerprint density at radius 3 is 2.46 bits per heavy atom. The molecule has 0 spiro atoms. The number of alkyl halides is 4. The van der Waals surface area contributed by atoms with Gasteiger partial charge in [0.25, 0.3) is 0 Å². The summed E-state index contributed by atoms with van der Waals surface area (Å²) >= 11 is 0. The van der Waals surface area contributed by atoms with Crippen LogP contribution in [-0.4, -0.2) is 95.4 Å². The zero-order valence-corrected chi connectivity index (χ0v) is 22.7. The second-order valence-corrected chi connectivity index (χ2v) is 12.4. The highest BCUT2D eigenvalue weighted by Crippen LogP contribution is 2.45. The molecule has 0 aromatic rings. The monoisotopic (exact) mass is 568 g/mol. The lowest BCUT2D eigenvalue weighted by molar-refractivity contribution is -0.274. The van der Waals surface area contributed by atoms with Gasteiger partial charge in [0.2, 0.25) is 5.91 Å². The molecule has 2 heterocycles. The van der Waals surface area contributed by atoms with Crippen molar-refractivity contribution in [3.05, 3.63) is 0 Å². The summed E-state index contributed by atoms with van der Waals surface area (Å²) in [6.07, 6.45) is -6.00. The van der Waals surface area contributed by atoms with Gasteiger partial charge in [-0.1, -0.05) is 6.92 Å². The van der Waals surface area contributed by atoms with Crippen molar-refractivity contribution in [1.82, 2.24) is 10.6 Å². The maximum absolute atomic E-state index is 14.5. The maximum atomic E-state index is 14.5. The molecule has 5 N–H and O–H groups in total. The topological polar surface area (TPSA) is 120 Å². The van der Waals surface area contributed by atoms with Gasteiger partial charge in [0, 0.05) is 24.6 Å². The molecule has 4 rings (SSSR count). The SMILES string of the molecule is CC1COC2C1CC(C(O)(CNC(=O)C1CCC(OC[C@@H](C)O)C(O)C1)C(F)(F)F)NC2C1CCC(F)CC1. The van der Waals surface area contributed by atoms with Crippen molar-refractivity contribution in [3.63, 3.8) is 0 Å². The summed E-state index contributed by atoms with van der Waals surface area (Å²) in [4.78, 5) is 12.9. The maximum Gasteiger partial charge on any atom is 0.420 e. The van der Waals surface area contributed by atoms with Crippen molar-refractivity contribution in [2.45, 2.75) is 120 Å². The van der Waals surface area contributed by atoms with Crippen molar-refractivity contribution in [2.24, 2.45) is 23.7 Å². The molecule has 12 heteroatoms. The van der Waals surface area contributed by atoms with Crippen LogP contribution in [0.2, 0.25) is 0 Å². The van der Waals surface area contributed by atoms with E-state index < -0.39 is 66.7 Å². The number of rotatable bonds is 8. The number of nitrogens with one attached hydrogen (secondary N) is 2. The van der Waals surface area contributed by atoms with E-state index in [0.29, 0.717) is 45.1 Å². The lowest BCUT2D eigenvalue weighted by atomic mass is 9.70. The molecule has 226 valence electrons. The van der Waals surface area contributed by atoms with E-state index >= 15 is 0 Å². The number of amides is 1. The molecule has 8 nitrogen and oxygen atoms in total. The van der Waals surface area contributed by atoms with Gasteiger partial charge in [-0.05, 0) is 76.0 Å². The molecule has 1 amide bonds. The van der Waals surface area contributed by atoms with E-state index in [-0.39, 0.29) is 43.3 Å². The molecule has 2 aliphatic carbocycles. The van der Waals surface area contributed by atoms with Crippen molar-refractivity contribution >= 4 is 5.91 Å². The molecule has 0 aromatic heterocycles. The van der Waals surface area contributed by atoms with Crippen LogP contribution in [0.4, 0.5) is 17.6 Å². The molecule has 2 saturated carbocycles. The molecule has 39 heavy (non-hydrogen) atoms. The molecule has 0 aromatic carbocycles. The van der Waals surface area contributed by atoms with Crippen molar-refractivity contribution < 1.29 is 47.1 Å². The number of carbonyl (C=O) groups is 1. The van der Waals surface area contributed by atoms with Gasteiger partial charge in [-0.15, -0.1) is 0 Å². The van der Waals surface area contributed by atoms with Crippen LogP contribution in [0.25, 0.3) is 0 Å². The fraction of sp³-hybridized carbons (Fsp3) is 0.963. The predicted octanol–water partition coefficient (Wildman–Crippen LogP) is 2.23. The highest BCUT2D eigenvalue weighted by Gasteiger charge is 2.62. The third kappa shape index (κ3) is 6.89. The second-order valence-electron chi connectivity index (χ2n) is 12.4. The molecule has 4 fully saturated rings. The zero-order valence-electron chi connectivity index (χ0n) is 22.7. The van der Waals surface area contributed by atoms with E-state index in [4.69, 9.17) is 9.47 Å². The number of hydrogen-bond donors (Lipinski definition) is 5. The minimum atomic E-state index is -5.03. The molecule has 2 aliphatic heterocycles. The van der Waals surface area contributed by atoms with Gasteiger partial charge in [0.15, 0.2) is 5.60 Å². The van der Waals surface area contributed by atoms with Crippen molar-refractivity contribution in [3.8, 4) is 0 Å². The number of aliphatic hydroxyl groups is 3. The van der Waals surface area contributed by atoms with Gasteiger partial charge in [0.1, 0.15) is 6.17 Å². The molecule has 0 radical (unpaired) electrons. The summed E-state index contributed by atoms with van der Waals surface area (Å²) in [5, 5.41) is 36.4. The number of aliphatic hydroxyl groups excluding tert-OH is 2. The highest BCUT2D eigenvalue weighted by molar-refractivity contribution is 5.78. The molecule has 10 atom stereocenters. The van der Waals surface area contributed by atoms with Gasteiger partial charge in [-0.3, -0.25) is 4.79 Å². The Morgan fingerprint density at radius 2 is 1.85 bits per heavy atom. The first-order valence-corrected chi connectivity index (χ1v) is 14.4. The number of fused-ring (bicyclic) bond motifs is 1. The van der Waals surface area contributed by atoms with Crippen LogP contribution in [-0.2, 0) is 14.3 Å². The summed E-state index contributed by atoms with van der Waals surface area (Å²) < 4.78 is 68.8. The summed E-state index contributed by atoms with van der Waals surface area (Å²) in [5.74, 6) is -1.62. The Morgan fingerprint density at radius 1 is 1.15 bits per heavy atom. The summed E-state index contributed by atoms with van der Waals surface area (Å²) in [5.41, 5.74) is -3.22.